The Morgan fingerprint density at radius 3 is 1.30 bits per heavy atom. The molecule has 0 bridgehead atoms. The van der Waals surface area contributed by atoms with Gasteiger partial charge in [0.15, 0.2) is 0 Å². The molecular weight excluding hydrogens is 757 g/mol. The molecule has 0 amide bonds. The zero-order chi connectivity index (χ0) is 42.8. The van der Waals surface area contributed by atoms with E-state index in [9.17, 15) is 0 Å². The summed E-state index contributed by atoms with van der Waals surface area (Å²) in [4.78, 5) is 0. The zero-order valence-electron chi connectivity index (χ0n) is 37.0. The monoisotopic (exact) mass is 806 g/mol. The largest absolute Gasteiger partial charge is 0.0616 e. The molecule has 1 aliphatic rings. The molecule has 0 atom stereocenters. The minimum atomic E-state index is -0.345. The molecule has 0 unspecified atom stereocenters. The van der Waals surface area contributed by atoms with Crippen molar-refractivity contribution in [3.8, 4) is 44.5 Å². The van der Waals surface area contributed by atoms with Crippen LogP contribution in [0.25, 0.3) is 109 Å². The van der Waals surface area contributed by atoms with Gasteiger partial charge < -0.3 is 0 Å². The Kier molecular flexibility index (Phi) is 8.08. The summed E-state index contributed by atoms with van der Waals surface area (Å²) in [6.45, 7) is 14.9. The average molecular weight is 807 g/mol. The lowest BCUT2D eigenvalue weighted by Gasteiger charge is -2.53. The van der Waals surface area contributed by atoms with Crippen LogP contribution in [0.3, 0.4) is 0 Å². The van der Waals surface area contributed by atoms with Crippen molar-refractivity contribution in [1.82, 2.24) is 0 Å². The van der Waals surface area contributed by atoms with Crippen molar-refractivity contribution in [3.05, 3.63) is 205 Å². The van der Waals surface area contributed by atoms with Crippen LogP contribution in [0.15, 0.2) is 194 Å². The summed E-state index contributed by atoms with van der Waals surface area (Å²) < 4.78 is 0. The van der Waals surface area contributed by atoms with Gasteiger partial charge in [0.1, 0.15) is 0 Å². The van der Waals surface area contributed by atoms with Crippen LogP contribution in [0.1, 0.15) is 52.7 Å². The second-order valence-electron chi connectivity index (χ2n) is 20.0. The molecule has 0 aromatic heterocycles. The van der Waals surface area contributed by atoms with E-state index in [1.165, 1.54) is 120 Å². The zero-order valence-corrected chi connectivity index (χ0v) is 37.0. The van der Waals surface area contributed by atoms with Gasteiger partial charge in [-0.3, -0.25) is 0 Å². The van der Waals surface area contributed by atoms with Gasteiger partial charge in [-0.15, -0.1) is 0 Å². The minimum Gasteiger partial charge on any atom is -0.0616 e. The Labute approximate surface area is 370 Å². The summed E-state index contributed by atoms with van der Waals surface area (Å²) in [7, 11) is 0. The molecule has 0 radical (unpaired) electrons. The van der Waals surface area contributed by atoms with Crippen molar-refractivity contribution in [3.63, 3.8) is 0 Å². The number of fused-ring (bicyclic) bond motifs is 13. The van der Waals surface area contributed by atoms with Crippen LogP contribution in [-0.4, -0.2) is 0 Å². The van der Waals surface area contributed by atoms with E-state index in [2.05, 4.69) is 236 Å². The maximum Gasteiger partial charge on any atom is 0.0318 e. The van der Waals surface area contributed by atoms with Crippen LogP contribution in [0.4, 0.5) is 0 Å². The molecule has 0 heterocycles. The van der Waals surface area contributed by atoms with Crippen LogP contribution in [-0.2, 0) is 5.41 Å². The van der Waals surface area contributed by atoms with Crippen LogP contribution < -0.4 is 0 Å². The molecule has 0 aliphatic heterocycles. The summed E-state index contributed by atoms with van der Waals surface area (Å²) in [6, 6.07) is 73.3. The summed E-state index contributed by atoms with van der Waals surface area (Å²) in [5, 5.41) is 15.6. The van der Waals surface area contributed by atoms with Crippen molar-refractivity contribution >= 4 is 64.6 Å². The first-order valence-corrected chi connectivity index (χ1v) is 22.6. The highest BCUT2D eigenvalue weighted by Crippen LogP contribution is 2.69. The molecule has 0 saturated heterocycles. The van der Waals surface area contributed by atoms with E-state index in [1.807, 2.05) is 0 Å². The van der Waals surface area contributed by atoms with E-state index < -0.39 is 0 Å². The maximum absolute atomic E-state index is 2.66. The third-order valence-corrected chi connectivity index (χ3v) is 14.7. The van der Waals surface area contributed by atoms with Gasteiger partial charge in [-0.2, -0.15) is 0 Å². The Balaban J connectivity index is 1.21. The SMILES string of the molecule is CC(C)(C)C1(C(C)(C)C)c2cc(-c3c4ccccc4c(-c4cccc(-c5ccc6ccccc6c5)c4)c4ccccc34)c3ccccc3c2-c2c1c1ccccc1c1ccccc21. The Hall–Kier alpha value is -7.02. The molecule has 0 fully saturated rings. The van der Waals surface area contributed by atoms with Gasteiger partial charge in [0.2, 0.25) is 0 Å². The van der Waals surface area contributed by atoms with Gasteiger partial charge in [0, 0.05) is 5.41 Å². The average Bonchev–Trinajstić information content (AvgIpc) is 3.64. The molecule has 1 aliphatic carbocycles. The van der Waals surface area contributed by atoms with Gasteiger partial charge in [0.05, 0.1) is 0 Å². The fraction of sp³-hybridized carbons (Fsp3) is 0.143. The molecule has 12 rings (SSSR count). The lowest BCUT2D eigenvalue weighted by Crippen LogP contribution is -2.50. The Bertz CT molecular complexity index is 3620. The second-order valence-corrected chi connectivity index (χ2v) is 20.0. The predicted molar refractivity (Wildman–Crippen MR) is 273 cm³/mol. The summed E-state index contributed by atoms with van der Waals surface area (Å²) in [5.41, 5.74) is 12.6. The topological polar surface area (TPSA) is 0 Å². The molecule has 0 N–H and O–H groups in total. The lowest BCUT2D eigenvalue weighted by atomic mass is 9.49. The molecule has 302 valence electrons. The maximum atomic E-state index is 2.66. The third-order valence-electron chi connectivity index (χ3n) is 14.7. The number of hydrogen-bond acceptors (Lipinski definition) is 0. The molecular formula is C63H50. The molecule has 63 heavy (non-hydrogen) atoms. The number of rotatable bonds is 3. The predicted octanol–water partition coefficient (Wildman–Crippen LogP) is 18.0. The smallest absolute Gasteiger partial charge is 0.0318 e. The summed E-state index contributed by atoms with van der Waals surface area (Å²) in [6.07, 6.45) is 0. The highest BCUT2D eigenvalue weighted by Gasteiger charge is 2.59. The molecule has 0 spiro atoms. The van der Waals surface area contributed by atoms with E-state index in [0.29, 0.717) is 0 Å². The third kappa shape index (κ3) is 5.22. The highest BCUT2D eigenvalue weighted by molar-refractivity contribution is 6.27. The van der Waals surface area contributed by atoms with Gasteiger partial charge in [-0.25, -0.2) is 0 Å². The molecule has 11 aromatic rings. The van der Waals surface area contributed by atoms with Crippen molar-refractivity contribution in [2.24, 2.45) is 10.8 Å². The van der Waals surface area contributed by atoms with E-state index in [4.69, 9.17) is 0 Å². The summed E-state index contributed by atoms with van der Waals surface area (Å²) >= 11 is 0. The Morgan fingerprint density at radius 1 is 0.286 bits per heavy atom. The summed E-state index contributed by atoms with van der Waals surface area (Å²) in [5.74, 6) is 0. The van der Waals surface area contributed by atoms with E-state index in [-0.39, 0.29) is 16.2 Å². The van der Waals surface area contributed by atoms with Crippen molar-refractivity contribution in [2.75, 3.05) is 0 Å². The standard InChI is InChI=1S/C63H50/c1-61(2,3)63(62(4,5)6)55-38-54(46-26-10-12-27-47(46)58(55)59-48-28-13-9-24-44(48)45-25-11-18-33-53(45)60(59)63)57-51-31-16-14-29-49(51)56(50-30-15-17-32-52(50)57)43-23-19-22-41(37-43)42-35-34-39-20-7-8-21-40(39)36-42/h7-38H,1-6H3. The van der Waals surface area contributed by atoms with Gasteiger partial charge in [0.25, 0.3) is 0 Å². The van der Waals surface area contributed by atoms with Crippen molar-refractivity contribution in [1.29, 1.82) is 0 Å². The molecule has 0 saturated carbocycles. The van der Waals surface area contributed by atoms with E-state index in [1.54, 1.807) is 0 Å². The second kappa shape index (κ2) is 13.5. The van der Waals surface area contributed by atoms with Crippen LogP contribution >= 0.6 is 0 Å². The van der Waals surface area contributed by atoms with Gasteiger partial charge >= 0.3 is 0 Å². The van der Waals surface area contributed by atoms with Crippen LogP contribution in [0, 0.1) is 10.8 Å². The minimum absolute atomic E-state index is 0.153. The Morgan fingerprint density at radius 2 is 0.714 bits per heavy atom. The van der Waals surface area contributed by atoms with Gasteiger partial charge in [-0.1, -0.05) is 217 Å². The quantitative estimate of drug-likeness (QED) is 0.123. The molecule has 0 heteroatoms. The van der Waals surface area contributed by atoms with Crippen LogP contribution in [0.5, 0.6) is 0 Å². The van der Waals surface area contributed by atoms with E-state index in [0.717, 1.165) is 0 Å². The normalized spacial score (nSPS) is 13.7. The molecule has 0 nitrogen and oxygen atoms in total. The first-order chi connectivity index (χ1) is 30.6. The number of hydrogen-bond donors (Lipinski definition) is 0. The van der Waals surface area contributed by atoms with Crippen molar-refractivity contribution < 1.29 is 0 Å². The molecule has 11 aromatic carbocycles. The van der Waals surface area contributed by atoms with Crippen LogP contribution in [0.2, 0.25) is 0 Å². The highest BCUT2D eigenvalue weighted by atomic mass is 14.6. The number of benzene rings is 11. The van der Waals surface area contributed by atoms with Gasteiger partial charge in [-0.05, 0) is 149 Å². The van der Waals surface area contributed by atoms with E-state index >= 15 is 0 Å². The van der Waals surface area contributed by atoms with Crippen molar-refractivity contribution in [2.45, 2.75) is 47.0 Å². The fourth-order valence-electron chi connectivity index (χ4n) is 12.7. The fourth-order valence-corrected chi connectivity index (χ4v) is 12.7. The first-order valence-electron chi connectivity index (χ1n) is 22.6. The lowest BCUT2D eigenvalue weighted by molar-refractivity contribution is 0.0965. The first kappa shape index (κ1) is 37.7.